The fourth-order valence-electron chi connectivity index (χ4n) is 2.02. The van der Waals surface area contributed by atoms with Crippen molar-refractivity contribution in [3.8, 4) is 0 Å². The molecular formula is C12H24N2O2. The Morgan fingerprint density at radius 1 is 1.50 bits per heavy atom. The van der Waals surface area contributed by atoms with E-state index >= 15 is 0 Å². The lowest BCUT2D eigenvalue weighted by Crippen LogP contribution is -2.52. The van der Waals surface area contributed by atoms with Crippen LogP contribution in [0.5, 0.6) is 0 Å². The molecule has 1 rings (SSSR count). The summed E-state index contributed by atoms with van der Waals surface area (Å²) in [5, 5.41) is 2.89. The number of nitrogens with two attached hydrogens (primary N) is 1. The topological polar surface area (TPSA) is 64.3 Å². The Bertz CT molecular complexity index is 232. The van der Waals surface area contributed by atoms with Crippen LogP contribution in [0.3, 0.4) is 0 Å². The maximum absolute atomic E-state index is 11.7. The normalized spacial score (nSPS) is 20.3. The van der Waals surface area contributed by atoms with Gasteiger partial charge in [-0.1, -0.05) is 13.8 Å². The highest BCUT2D eigenvalue weighted by atomic mass is 16.5. The molecule has 16 heavy (non-hydrogen) atoms. The van der Waals surface area contributed by atoms with Gasteiger partial charge in [0.2, 0.25) is 5.91 Å². The standard InChI is InChI=1S/C12H24N2O2/c1-9(2)7-10(13)11(15)14-8-12(16-3)5-4-6-12/h9-10H,4-8,13H2,1-3H3,(H,14,15)/t10-/m1/s1. The van der Waals surface area contributed by atoms with Crippen LogP contribution in [0.4, 0.5) is 0 Å². The maximum Gasteiger partial charge on any atom is 0.237 e. The number of amides is 1. The highest BCUT2D eigenvalue weighted by Crippen LogP contribution is 2.34. The Hall–Kier alpha value is -0.610. The van der Waals surface area contributed by atoms with E-state index in [2.05, 4.69) is 19.2 Å². The molecule has 0 radical (unpaired) electrons. The van der Waals surface area contributed by atoms with Crippen molar-refractivity contribution in [1.82, 2.24) is 5.32 Å². The molecule has 1 saturated carbocycles. The van der Waals surface area contributed by atoms with Gasteiger partial charge in [-0.05, 0) is 31.6 Å². The van der Waals surface area contributed by atoms with Crippen molar-refractivity contribution in [1.29, 1.82) is 0 Å². The van der Waals surface area contributed by atoms with E-state index in [0.717, 1.165) is 19.3 Å². The number of hydrogen-bond acceptors (Lipinski definition) is 3. The predicted molar refractivity (Wildman–Crippen MR) is 64.0 cm³/mol. The highest BCUT2D eigenvalue weighted by Gasteiger charge is 2.37. The first-order valence-corrected chi connectivity index (χ1v) is 6.07. The summed E-state index contributed by atoms with van der Waals surface area (Å²) in [6.07, 6.45) is 3.97. The lowest BCUT2D eigenvalue weighted by molar-refractivity contribution is -0.126. The molecule has 0 heterocycles. The van der Waals surface area contributed by atoms with Crippen molar-refractivity contribution >= 4 is 5.91 Å². The molecule has 94 valence electrons. The third kappa shape index (κ3) is 3.46. The van der Waals surface area contributed by atoms with Gasteiger partial charge < -0.3 is 15.8 Å². The molecule has 0 saturated heterocycles. The second-order valence-corrected chi connectivity index (χ2v) is 5.19. The number of nitrogens with one attached hydrogen (secondary N) is 1. The molecule has 0 aromatic rings. The smallest absolute Gasteiger partial charge is 0.237 e. The van der Waals surface area contributed by atoms with Gasteiger partial charge in [0.15, 0.2) is 0 Å². The van der Waals surface area contributed by atoms with Gasteiger partial charge in [0, 0.05) is 13.7 Å². The van der Waals surface area contributed by atoms with Gasteiger partial charge in [-0.25, -0.2) is 0 Å². The van der Waals surface area contributed by atoms with E-state index in [4.69, 9.17) is 10.5 Å². The zero-order valence-corrected chi connectivity index (χ0v) is 10.6. The summed E-state index contributed by atoms with van der Waals surface area (Å²) in [4.78, 5) is 11.7. The average Bonchev–Trinajstić information content (AvgIpc) is 2.15. The van der Waals surface area contributed by atoms with Crippen molar-refractivity contribution in [2.75, 3.05) is 13.7 Å². The molecule has 0 spiro atoms. The van der Waals surface area contributed by atoms with Crippen LogP contribution < -0.4 is 11.1 Å². The molecule has 0 unspecified atom stereocenters. The molecule has 1 atom stereocenters. The second kappa shape index (κ2) is 5.64. The van der Waals surface area contributed by atoms with Crippen molar-refractivity contribution in [2.45, 2.75) is 51.2 Å². The minimum Gasteiger partial charge on any atom is -0.376 e. The van der Waals surface area contributed by atoms with Crippen LogP contribution in [-0.2, 0) is 9.53 Å². The van der Waals surface area contributed by atoms with Gasteiger partial charge in [0.05, 0.1) is 11.6 Å². The van der Waals surface area contributed by atoms with Crippen LogP contribution in [-0.4, -0.2) is 31.2 Å². The Labute approximate surface area is 97.9 Å². The number of hydrogen-bond donors (Lipinski definition) is 2. The van der Waals surface area contributed by atoms with Crippen molar-refractivity contribution in [3.63, 3.8) is 0 Å². The van der Waals surface area contributed by atoms with Crippen molar-refractivity contribution < 1.29 is 9.53 Å². The summed E-state index contributed by atoms with van der Waals surface area (Å²) in [6, 6.07) is -0.394. The Morgan fingerprint density at radius 3 is 2.50 bits per heavy atom. The molecule has 0 aliphatic heterocycles. The monoisotopic (exact) mass is 228 g/mol. The van der Waals surface area contributed by atoms with Crippen LogP contribution in [0.1, 0.15) is 39.5 Å². The largest absolute Gasteiger partial charge is 0.376 e. The summed E-state index contributed by atoms with van der Waals surface area (Å²) in [5.41, 5.74) is 5.68. The first kappa shape index (κ1) is 13.5. The van der Waals surface area contributed by atoms with Crippen LogP contribution in [0.25, 0.3) is 0 Å². The van der Waals surface area contributed by atoms with E-state index in [9.17, 15) is 4.79 Å². The van der Waals surface area contributed by atoms with E-state index in [1.165, 1.54) is 6.42 Å². The summed E-state index contributed by atoms with van der Waals surface area (Å²) >= 11 is 0. The van der Waals surface area contributed by atoms with Gasteiger partial charge >= 0.3 is 0 Å². The lowest BCUT2D eigenvalue weighted by Gasteiger charge is -2.40. The predicted octanol–water partition coefficient (Wildman–Crippen LogP) is 1.05. The van der Waals surface area contributed by atoms with Crippen molar-refractivity contribution in [2.24, 2.45) is 11.7 Å². The molecule has 1 amide bonds. The highest BCUT2D eigenvalue weighted by molar-refractivity contribution is 5.81. The number of ether oxygens (including phenoxy) is 1. The molecule has 4 heteroatoms. The van der Waals surface area contributed by atoms with E-state index in [1.807, 2.05) is 0 Å². The number of rotatable bonds is 6. The summed E-state index contributed by atoms with van der Waals surface area (Å²) in [6.45, 7) is 4.72. The maximum atomic E-state index is 11.7. The fraction of sp³-hybridized carbons (Fsp3) is 0.917. The molecular weight excluding hydrogens is 204 g/mol. The third-order valence-electron chi connectivity index (χ3n) is 3.34. The summed E-state index contributed by atoms with van der Waals surface area (Å²) < 4.78 is 5.43. The Balaban J connectivity index is 2.28. The zero-order valence-electron chi connectivity index (χ0n) is 10.6. The SMILES string of the molecule is COC1(CNC(=O)[C@H](N)CC(C)C)CCC1. The van der Waals surface area contributed by atoms with Crippen LogP contribution in [0.15, 0.2) is 0 Å². The number of carbonyl (C=O) groups excluding carboxylic acids is 1. The van der Waals surface area contributed by atoms with Crippen LogP contribution in [0.2, 0.25) is 0 Å². The Kier molecular flexibility index (Phi) is 4.74. The van der Waals surface area contributed by atoms with E-state index in [1.54, 1.807) is 7.11 Å². The second-order valence-electron chi connectivity index (χ2n) is 5.19. The van der Waals surface area contributed by atoms with Crippen molar-refractivity contribution in [3.05, 3.63) is 0 Å². The summed E-state index contributed by atoms with van der Waals surface area (Å²) in [5.74, 6) is 0.387. The van der Waals surface area contributed by atoms with Gasteiger partial charge in [0.1, 0.15) is 0 Å². The molecule has 1 aliphatic rings. The number of carbonyl (C=O) groups is 1. The van der Waals surface area contributed by atoms with E-state index in [-0.39, 0.29) is 11.5 Å². The molecule has 0 aromatic heterocycles. The average molecular weight is 228 g/mol. The minimum absolute atomic E-state index is 0.0583. The molecule has 1 fully saturated rings. The molecule has 0 bridgehead atoms. The first-order chi connectivity index (χ1) is 7.49. The zero-order chi connectivity index (χ0) is 12.2. The van der Waals surface area contributed by atoms with E-state index < -0.39 is 6.04 Å². The van der Waals surface area contributed by atoms with Gasteiger partial charge in [0.25, 0.3) is 0 Å². The number of methoxy groups -OCH3 is 1. The summed E-state index contributed by atoms with van der Waals surface area (Å²) in [7, 11) is 1.71. The van der Waals surface area contributed by atoms with Crippen LogP contribution >= 0.6 is 0 Å². The lowest BCUT2D eigenvalue weighted by atomic mass is 9.80. The molecule has 4 nitrogen and oxygen atoms in total. The first-order valence-electron chi connectivity index (χ1n) is 6.07. The minimum atomic E-state index is -0.394. The van der Waals surface area contributed by atoms with E-state index in [0.29, 0.717) is 12.5 Å². The van der Waals surface area contributed by atoms with Gasteiger partial charge in [-0.2, -0.15) is 0 Å². The molecule has 3 N–H and O–H groups in total. The van der Waals surface area contributed by atoms with Crippen LogP contribution in [0, 0.1) is 5.92 Å². The quantitative estimate of drug-likeness (QED) is 0.714. The van der Waals surface area contributed by atoms with Gasteiger partial charge in [-0.15, -0.1) is 0 Å². The van der Waals surface area contributed by atoms with Gasteiger partial charge in [-0.3, -0.25) is 4.79 Å². The third-order valence-corrected chi connectivity index (χ3v) is 3.34. The molecule has 1 aliphatic carbocycles. The molecule has 0 aromatic carbocycles. The fourth-order valence-corrected chi connectivity index (χ4v) is 2.02. The Morgan fingerprint density at radius 2 is 2.12 bits per heavy atom.